The zero-order valence-corrected chi connectivity index (χ0v) is 10.8. The lowest BCUT2D eigenvalue weighted by atomic mass is 10.2. The first-order valence-corrected chi connectivity index (χ1v) is 6.52. The number of hydrogen-bond acceptors (Lipinski definition) is 2. The number of hydrogen-bond donors (Lipinski definition) is 2. The fraction of sp³-hybridized carbons (Fsp3) is 0. The zero-order valence-electron chi connectivity index (χ0n) is 9.24. The van der Waals surface area contributed by atoms with Crippen LogP contribution >= 0.6 is 22.9 Å². The SMILES string of the molecule is NC(=O)c1cc2sc(-c3ccccc3Cl)cc2[nH]1. The second kappa shape index (κ2) is 4.15. The molecule has 0 atom stereocenters. The first kappa shape index (κ1) is 11.3. The van der Waals surface area contributed by atoms with Crippen molar-refractivity contribution in [3.63, 3.8) is 0 Å². The minimum absolute atomic E-state index is 0.432. The molecule has 0 aliphatic rings. The van der Waals surface area contributed by atoms with E-state index in [1.54, 1.807) is 17.4 Å². The number of fused-ring (bicyclic) bond motifs is 1. The Bertz CT molecular complexity index is 713. The van der Waals surface area contributed by atoms with Gasteiger partial charge >= 0.3 is 0 Å². The van der Waals surface area contributed by atoms with Crippen LogP contribution in [0, 0.1) is 0 Å². The number of rotatable bonds is 2. The van der Waals surface area contributed by atoms with Gasteiger partial charge in [-0.05, 0) is 18.2 Å². The van der Waals surface area contributed by atoms with Crippen molar-refractivity contribution in [2.45, 2.75) is 0 Å². The van der Waals surface area contributed by atoms with E-state index in [9.17, 15) is 4.79 Å². The molecule has 5 heteroatoms. The van der Waals surface area contributed by atoms with Crippen molar-refractivity contribution in [2.75, 3.05) is 0 Å². The molecule has 0 spiro atoms. The van der Waals surface area contributed by atoms with Crippen LogP contribution in [0.4, 0.5) is 0 Å². The van der Waals surface area contributed by atoms with E-state index in [0.29, 0.717) is 5.69 Å². The van der Waals surface area contributed by atoms with Gasteiger partial charge in [0.25, 0.3) is 5.91 Å². The van der Waals surface area contributed by atoms with Crippen LogP contribution in [0.15, 0.2) is 36.4 Å². The van der Waals surface area contributed by atoms with Crippen LogP contribution in [-0.2, 0) is 0 Å². The predicted octanol–water partition coefficient (Wildman–Crippen LogP) is 3.65. The molecular formula is C13H9ClN2OS. The summed E-state index contributed by atoms with van der Waals surface area (Å²) in [7, 11) is 0. The summed E-state index contributed by atoms with van der Waals surface area (Å²) in [6, 6.07) is 11.4. The Hall–Kier alpha value is -1.78. The van der Waals surface area contributed by atoms with E-state index in [2.05, 4.69) is 4.98 Å². The third-order valence-electron chi connectivity index (χ3n) is 2.71. The van der Waals surface area contributed by atoms with Gasteiger partial charge < -0.3 is 10.7 Å². The molecule has 0 aliphatic carbocycles. The van der Waals surface area contributed by atoms with Crippen molar-refractivity contribution < 1.29 is 4.79 Å². The molecule has 3 rings (SSSR count). The average Bonchev–Trinajstić information content (AvgIpc) is 2.87. The van der Waals surface area contributed by atoms with Gasteiger partial charge in [0.2, 0.25) is 0 Å². The summed E-state index contributed by atoms with van der Waals surface area (Å²) in [5, 5.41) is 0.719. The number of primary amides is 1. The van der Waals surface area contributed by atoms with Crippen molar-refractivity contribution in [3.8, 4) is 10.4 Å². The molecule has 0 radical (unpaired) electrons. The molecule has 3 nitrogen and oxygen atoms in total. The number of H-pyrrole nitrogens is 1. The van der Waals surface area contributed by atoms with Crippen molar-refractivity contribution in [3.05, 3.63) is 47.1 Å². The molecule has 1 aromatic carbocycles. The Morgan fingerprint density at radius 3 is 2.72 bits per heavy atom. The average molecular weight is 277 g/mol. The first-order chi connectivity index (χ1) is 8.65. The van der Waals surface area contributed by atoms with Gasteiger partial charge in [0.1, 0.15) is 5.69 Å². The smallest absolute Gasteiger partial charge is 0.265 e. The van der Waals surface area contributed by atoms with E-state index in [0.717, 1.165) is 25.7 Å². The minimum atomic E-state index is -0.447. The van der Waals surface area contributed by atoms with Crippen molar-refractivity contribution in [1.29, 1.82) is 0 Å². The topological polar surface area (TPSA) is 58.9 Å². The number of thiophene rings is 1. The first-order valence-electron chi connectivity index (χ1n) is 5.32. The standard InChI is InChI=1S/C13H9ClN2OS/c14-8-4-2-1-3-7(8)11-5-9-12(18-11)6-10(16-9)13(15)17/h1-6,16H,(H2,15,17). The highest BCUT2D eigenvalue weighted by molar-refractivity contribution is 7.22. The molecule has 0 aliphatic heterocycles. The van der Waals surface area contributed by atoms with Crippen LogP contribution in [-0.4, -0.2) is 10.9 Å². The number of carbonyl (C=O) groups excluding carboxylic acids is 1. The maximum absolute atomic E-state index is 11.1. The van der Waals surface area contributed by atoms with E-state index in [4.69, 9.17) is 17.3 Å². The number of halogens is 1. The van der Waals surface area contributed by atoms with Crippen LogP contribution in [0.25, 0.3) is 20.7 Å². The van der Waals surface area contributed by atoms with Gasteiger partial charge in [-0.3, -0.25) is 4.79 Å². The van der Waals surface area contributed by atoms with Crippen LogP contribution in [0.2, 0.25) is 5.02 Å². The van der Waals surface area contributed by atoms with E-state index in [1.807, 2.05) is 30.3 Å². The van der Waals surface area contributed by atoms with Crippen LogP contribution in [0.5, 0.6) is 0 Å². The monoisotopic (exact) mass is 276 g/mol. The molecule has 2 aromatic heterocycles. The molecule has 3 N–H and O–H groups in total. The Balaban J connectivity index is 2.12. The number of aromatic amines is 1. The van der Waals surface area contributed by atoms with Gasteiger partial charge in [0, 0.05) is 15.5 Å². The Morgan fingerprint density at radius 1 is 1.28 bits per heavy atom. The van der Waals surface area contributed by atoms with Crippen LogP contribution < -0.4 is 5.73 Å². The van der Waals surface area contributed by atoms with Crippen LogP contribution in [0.3, 0.4) is 0 Å². The molecule has 0 saturated carbocycles. The normalized spacial score (nSPS) is 10.9. The third-order valence-corrected chi connectivity index (χ3v) is 4.16. The van der Waals surface area contributed by atoms with Crippen molar-refractivity contribution >= 4 is 39.1 Å². The number of benzene rings is 1. The highest BCUT2D eigenvalue weighted by Gasteiger charge is 2.11. The van der Waals surface area contributed by atoms with Gasteiger partial charge in [-0.15, -0.1) is 11.3 Å². The molecule has 2 heterocycles. The van der Waals surface area contributed by atoms with E-state index in [1.165, 1.54) is 0 Å². The lowest BCUT2D eigenvalue weighted by molar-refractivity contribution is 0.0996. The van der Waals surface area contributed by atoms with Crippen molar-refractivity contribution in [1.82, 2.24) is 4.98 Å². The number of nitrogens with two attached hydrogens (primary N) is 1. The lowest BCUT2D eigenvalue weighted by Crippen LogP contribution is -2.10. The molecule has 1 amide bonds. The fourth-order valence-electron chi connectivity index (χ4n) is 1.85. The molecule has 18 heavy (non-hydrogen) atoms. The molecule has 0 fully saturated rings. The molecule has 0 bridgehead atoms. The summed E-state index contributed by atoms with van der Waals surface area (Å²) in [6.45, 7) is 0. The number of carbonyl (C=O) groups is 1. The Kier molecular flexibility index (Phi) is 2.61. The van der Waals surface area contributed by atoms with E-state index >= 15 is 0 Å². The summed E-state index contributed by atoms with van der Waals surface area (Å²) in [6.07, 6.45) is 0. The van der Waals surface area contributed by atoms with E-state index < -0.39 is 5.91 Å². The Morgan fingerprint density at radius 2 is 2.06 bits per heavy atom. The second-order valence-corrected chi connectivity index (χ2v) is 5.41. The summed E-state index contributed by atoms with van der Waals surface area (Å²) in [5.74, 6) is -0.447. The highest BCUT2D eigenvalue weighted by atomic mass is 35.5. The third kappa shape index (κ3) is 1.79. The number of nitrogens with one attached hydrogen (secondary N) is 1. The lowest BCUT2D eigenvalue weighted by Gasteiger charge is -1.99. The molecule has 0 unspecified atom stereocenters. The van der Waals surface area contributed by atoms with Gasteiger partial charge in [0.05, 0.1) is 10.2 Å². The molecule has 90 valence electrons. The van der Waals surface area contributed by atoms with Gasteiger partial charge in [0.15, 0.2) is 0 Å². The molecular weight excluding hydrogens is 268 g/mol. The maximum Gasteiger partial charge on any atom is 0.265 e. The quantitative estimate of drug-likeness (QED) is 0.737. The number of aromatic nitrogens is 1. The maximum atomic E-state index is 11.1. The fourth-order valence-corrected chi connectivity index (χ4v) is 3.24. The summed E-state index contributed by atoms with van der Waals surface area (Å²) >= 11 is 7.74. The predicted molar refractivity (Wildman–Crippen MR) is 75.1 cm³/mol. The van der Waals surface area contributed by atoms with Crippen LogP contribution in [0.1, 0.15) is 10.5 Å². The minimum Gasteiger partial charge on any atom is -0.364 e. The highest BCUT2D eigenvalue weighted by Crippen LogP contribution is 2.36. The summed E-state index contributed by atoms with van der Waals surface area (Å²) in [4.78, 5) is 15.1. The van der Waals surface area contributed by atoms with Gasteiger partial charge in [-0.25, -0.2) is 0 Å². The summed E-state index contributed by atoms with van der Waals surface area (Å²) in [5.41, 5.74) is 7.56. The molecule has 3 aromatic rings. The Labute approximate surface area is 112 Å². The van der Waals surface area contributed by atoms with Gasteiger partial charge in [-0.1, -0.05) is 29.8 Å². The zero-order chi connectivity index (χ0) is 12.7. The van der Waals surface area contributed by atoms with E-state index in [-0.39, 0.29) is 0 Å². The van der Waals surface area contributed by atoms with Crippen molar-refractivity contribution in [2.24, 2.45) is 5.73 Å². The largest absolute Gasteiger partial charge is 0.364 e. The molecule has 0 saturated heterocycles. The second-order valence-electron chi connectivity index (χ2n) is 3.92. The summed E-state index contributed by atoms with van der Waals surface area (Å²) < 4.78 is 0.999. The van der Waals surface area contributed by atoms with Gasteiger partial charge in [-0.2, -0.15) is 0 Å². The number of amides is 1.